The lowest BCUT2D eigenvalue weighted by atomic mass is 10.1. The zero-order valence-corrected chi connectivity index (χ0v) is 14.6. The van der Waals surface area contributed by atoms with E-state index in [1.807, 2.05) is 0 Å². The molecule has 0 aliphatic carbocycles. The van der Waals surface area contributed by atoms with Crippen LogP contribution in [0.2, 0.25) is 0 Å². The van der Waals surface area contributed by atoms with E-state index in [4.69, 9.17) is 15.9 Å². The number of rotatable bonds is 6. The highest BCUT2D eigenvalue weighted by Crippen LogP contribution is 2.24. The second-order valence-electron chi connectivity index (χ2n) is 5.11. The summed E-state index contributed by atoms with van der Waals surface area (Å²) in [6.07, 6.45) is -1.04. The number of halogens is 2. The van der Waals surface area contributed by atoms with Crippen molar-refractivity contribution >= 4 is 27.7 Å². The summed E-state index contributed by atoms with van der Waals surface area (Å²) in [4.78, 5) is 12.3. The number of benzene rings is 2. The van der Waals surface area contributed by atoms with E-state index < -0.39 is 17.8 Å². The topological polar surface area (TPSA) is 88.2 Å². The van der Waals surface area contributed by atoms with Crippen molar-refractivity contribution in [3.63, 3.8) is 0 Å². The molecule has 0 fully saturated rings. The number of hydrogen-bond donors (Lipinski definition) is 3. The molecular weight excluding hydrogens is 377 g/mol. The Morgan fingerprint density at radius 2 is 2.00 bits per heavy atom. The maximum absolute atomic E-state index is 13.9. The van der Waals surface area contributed by atoms with E-state index in [-0.39, 0.29) is 17.9 Å². The predicted molar refractivity (Wildman–Crippen MR) is 93.2 cm³/mol. The Kier molecular flexibility index (Phi) is 6.05. The van der Waals surface area contributed by atoms with Crippen molar-refractivity contribution in [1.82, 2.24) is 5.32 Å². The fourth-order valence-electron chi connectivity index (χ4n) is 2.17. The van der Waals surface area contributed by atoms with Crippen LogP contribution in [0.25, 0.3) is 0 Å². The molecule has 2 aromatic carbocycles. The molecule has 4 N–H and O–H groups in total. The largest absolute Gasteiger partial charge is 0.384 e. The van der Waals surface area contributed by atoms with Gasteiger partial charge < -0.3 is 15.8 Å². The van der Waals surface area contributed by atoms with Gasteiger partial charge in [0.15, 0.2) is 6.10 Å². The molecule has 126 valence electrons. The Labute approximate surface area is 147 Å². The van der Waals surface area contributed by atoms with Gasteiger partial charge in [-0.2, -0.15) is 0 Å². The highest BCUT2D eigenvalue weighted by molar-refractivity contribution is 9.10. The second-order valence-corrected chi connectivity index (χ2v) is 6.03. The van der Waals surface area contributed by atoms with Crippen LogP contribution < -0.4 is 11.1 Å². The van der Waals surface area contributed by atoms with Crippen molar-refractivity contribution in [2.24, 2.45) is 5.73 Å². The Balaban J connectivity index is 2.07. The van der Waals surface area contributed by atoms with Crippen LogP contribution in [-0.4, -0.2) is 18.9 Å². The molecule has 0 radical (unpaired) electrons. The van der Waals surface area contributed by atoms with Gasteiger partial charge in [0, 0.05) is 29.3 Å². The number of methoxy groups -OCH3 is 1. The standard InChI is InChI=1S/C17H17BrFN3O2/c1-24-15(13-8-12(18)6-7-14(13)19)17(23)22-9-10-2-4-11(5-3-10)16(20)21/h2-8,15H,9H2,1H3,(H3,20,21)(H,22,23)/t15-/m0/s1. The molecule has 2 aromatic rings. The van der Waals surface area contributed by atoms with E-state index in [0.29, 0.717) is 10.0 Å². The van der Waals surface area contributed by atoms with Gasteiger partial charge in [0.2, 0.25) is 0 Å². The Bertz CT molecular complexity index is 750. The minimum atomic E-state index is -1.04. The molecule has 0 unspecified atom stereocenters. The van der Waals surface area contributed by atoms with Crippen LogP contribution in [0.5, 0.6) is 0 Å². The maximum Gasteiger partial charge on any atom is 0.254 e. The van der Waals surface area contributed by atoms with E-state index in [1.165, 1.54) is 19.2 Å². The third-order valence-electron chi connectivity index (χ3n) is 3.45. The number of carbonyl (C=O) groups is 1. The van der Waals surface area contributed by atoms with Crippen molar-refractivity contribution in [2.45, 2.75) is 12.6 Å². The SMILES string of the molecule is CO[C@H](C(=O)NCc1ccc(C(=N)N)cc1)c1cc(Br)ccc1F. The van der Waals surface area contributed by atoms with Gasteiger partial charge in [0.05, 0.1) is 0 Å². The molecule has 24 heavy (non-hydrogen) atoms. The fraction of sp³-hybridized carbons (Fsp3) is 0.176. The van der Waals surface area contributed by atoms with Gasteiger partial charge in [0.1, 0.15) is 11.7 Å². The van der Waals surface area contributed by atoms with Crippen LogP contribution in [0.4, 0.5) is 4.39 Å². The van der Waals surface area contributed by atoms with E-state index >= 15 is 0 Å². The van der Waals surface area contributed by atoms with E-state index in [2.05, 4.69) is 21.2 Å². The number of nitrogens with two attached hydrogens (primary N) is 1. The number of amidine groups is 1. The molecule has 0 bridgehead atoms. The van der Waals surface area contributed by atoms with Crippen LogP contribution >= 0.6 is 15.9 Å². The number of amides is 1. The summed E-state index contributed by atoms with van der Waals surface area (Å²) in [5, 5.41) is 10.1. The number of hydrogen-bond acceptors (Lipinski definition) is 3. The monoisotopic (exact) mass is 393 g/mol. The fourth-order valence-corrected chi connectivity index (χ4v) is 2.55. The number of ether oxygens (including phenoxy) is 1. The Morgan fingerprint density at radius 1 is 1.33 bits per heavy atom. The normalized spacial score (nSPS) is 11.8. The summed E-state index contributed by atoms with van der Waals surface area (Å²) in [5.74, 6) is -0.966. The molecule has 0 spiro atoms. The third kappa shape index (κ3) is 4.39. The molecule has 0 aliphatic heterocycles. The molecule has 0 saturated carbocycles. The first-order valence-electron chi connectivity index (χ1n) is 7.11. The van der Waals surface area contributed by atoms with Crippen molar-refractivity contribution < 1.29 is 13.9 Å². The second kappa shape index (κ2) is 8.03. The third-order valence-corrected chi connectivity index (χ3v) is 3.94. The zero-order valence-electron chi connectivity index (χ0n) is 13.0. The van der Waals surface area contributed by atoms with Gasteiger partial charge in [0.25, 0.3) is 5.91 Å². The van der Waals surface area contributed by atoms with Gasteiger partial charge in [-0.15, -0.1) is 0 Å². The molecule has 0 aliphatic rings. The number of carbonyl (C=O) groups excluding carboxylic acids is 1. The average molecular weight is 394 g/mol. The first-order chi connectivity index (χ1) is 11.4. The molecule has 5 nitrogen and oxygen atoms in total. The highest BCUT2D eigenvalue weighted by Gasteiger charge is 2.23. The molecule has 0 aromatic heterocycles. The van der Waals surface area contributed by atoms with Crippen LogP contribution in [0.15, 0.2) is 46.9 Å². The lowest BCUT2D eigenvalue weighted by molar-refractivity contribution is -0.131. The van der Waals surface area contributed by atoms with Crippen LogP contribution in [0, 0.1) is 11.2 Å². The minimum absolute atomic E-state index is 0.0184. The van der Waals surface area contributed by atoms with E-state index in [9.17, 15) is 9.18 Å². The first kappa shape index (κ1) is 18.1. The lowest BCUT2D eigenvalue weighted by Crippen LogP contribution is -2.30. The van der Waals surface area contributed by atoms with Crippen LogP contribution in [0.3, 0.4) is 0 Å². The van der Waals surface area contributed by atoms with E-state index in [1.54, 1.807) is 30.3 Å². The van der Waals surface area contributed by atoms with Crippen molar-refractivity contribution in [1.29, 1.82) is 5.41 Å². The molecule has 7 heteroatoms. The molecule has 1 atom stereocenters. The van der Waals surface area contributed by atoms with Gasteiger partial charge in [-0.1, -0.05) is 40.2 Å². The average Bonchev–Trinajstić information content (AvgIpc) is 2.57. The number of nitrogen functional groups attached to an aromatic ring is 1. The molecule has 1 amide bonds. The summed E-state index contributed by atoms with van der Waals surface area (Å²) in [6.45, 7) is 0.256. The van der Waals surface area contributed by atoms with Gasteiger partial charge in [-0.05, 0) is 23.8 Å². The predicted octanol–water partition coefficient (Wildman–Crippen LogP) is 2.88. The Morgan fingerprint density at radius 3 is 2.58 bits per heavy atom. The van der Waals surface area contributed by atoms with Crippen molar-refractivity contribution in [3.8, 4) is 0 Å². The van der Waals surface area contributed by atoms with Gasteiger partial charge >= 0.3 is 0 Å². The number of nitrogens with one attached hydrogen (secondary N) is 2. The van der Waals surface area contributed by atoms with E-state index in [0.717, 1.165) is 5.56 Å². The highest BCUT2D eigenvalue weighted by atomic mass is 79.9. The molecule has 0 saturated heterocycles. The van der Waals surface area contributed by atoms with Crippen LogP contribution in [0.1, 0.15) is 22.8 Å². The van der Waals surface area contributed by atoms with Crippen LogP contribution in [-0.2, 0) is 16.1 Å². The summed E-state index contributed by atoms with van der Waals surface area (Å²) >= 11 is 3.26. The quantitative estimate of drug-likeness (QED) is 0.520. The first-order valence-corrected chi connectivity index (χ1v) is 7.90. The van der Waals surface area contributed by atoms with Crippen molar-refractivity contribution in [2.75, 3.05) is 7.11 Å². The molecule has 0 heterocycles. The summed E-state index contributed by atoms with van der Waals surface area (Å²) in [7, 11) is 1.35. The summed E-state index contributed by atoms with van der Waals surface area (Å²) in [6, 6.07) is 11.3. The zero-order chi connectivity index (χ0) is 17.7. The Hall–Kier alpha value is -2.25. The smallest absolute Gasteiger partial charge is 0.254 e. The summed E-state index contributed by atoms with van der Waals surface area (Å²) in [5.41, 5.74) is 6.99. The molecular formula is C17H17BrFN3O2. The van der Waals surface area contributed by atoms with Crippen molar-refractivity contribution in [3.05, 3.63) is 69.4 Å². The summed E-state index contributed by atoms with van der Waals surface area (Å²) < 4.78 is 19.8. The molecule has 2 rings (SSSR count). The van der Waals surface area contributed by atoms with Gasteiger partial charge in [-0.25, -0.2) is 4.39 Å². The lowest BCUT2D eigenvalue weighted by Gasteiger charge is -2.17. The maximum atomic E-state index is 13.9. The minimum Gasteiger partial charge on any atom is -0.384 e. The van der Waals surface area contributed by atoms with Gasteiger partial charge in [-0.3, -0.25) is 10.2 Å².